The Bertz CT molecular complexity index is 895. The van der Waals surface area contributed by atoms with Crippen LogP contribution in [0.2, 0.25) is 0 Å². The minimum Gasteiger partial charge on any atom is -0.462 e. The molecule has 138 valence electrons. The standard InChI is InChI=1S/C15H11F4N3O4/c1-3-25-15(24)8(5-20-14-6(2)21-26-22-14)13(23)7-4-9(16)11(18)12(19)10(7)17/h4-5H,3H2,1-2H3,(H,20,22). The molecule has 0 spiro atoms. The molecule has 7 nitrogen and oxygen atoms in total. The number of carbonyl (C=O) groups excluding carboxylic acids is 2. The molecule has 0 unspecified atom stereocenters. The Kier molecular flexibility index (Phi) is 5.70. The molecule has 1 aromatic heterocycles. The lowest BCUT2D eigenvalue weighted by molar-refractivity contribution is -0.138. The van der Waals surface area contributed by atoms with Crippen molar-refractivity contribution in [2.75, 3.05) is 11.9 Å². The van der Waals surface area contributed by atoms with Crippen LogP contribution in [0.5, 0.6) is 0 Å². The van der Waals surface area contributed by atoms with E-state index in [2.05, 4.69) is 25.0 Å². The first kappa shape index (κ1) is 19.1. The molecular formula is C15H11F4N3O4. The molecule has 0 saturated carbocycles. The van der Waals surface area contributed by atoms with Crippen LogP contribution in [-0.4, -0.2) is 28.7 Å². The molecule has 1 aromatic carbocycles. The zero-order valence-electron chi connectivity index (χ0n) is 13.4. The number of aromatic nitrogens is 2. The third kappa shape index (κ3) is 3.71. The number of benzene rings is 1. The molecule has 0 atom stereocenters. The van der Waals surface area contributed by atoms with E-state index >= 15 is 0 Å². The highest BCUT2D eigenvalue weighted by Gasteiger charge is 2.28. The third-order valence-electron chi connectivity index (χ3n) is 3.09. The van der Waals surface area contributed by atoms with E-state index in [0.29, 0.717) is 0 Å². The molecule has 0 radical (unpaired) electrons. The van der Waals surface area contributed by atoms with Gasteiger partial charge < -0.3 is 10.1 Å². The maximum absolute atomic E-state index is 13.8. The summed E-state index contributed by atoms with van der Waals surface area (Å²) in [5.41, 5.74) is -1.72. The molecule has 26 heavy (non-hydrogen) atoms. The minimum atomic E-state index is -2.18. The third-order valence-corrected chi connectivity index (χ3v) is 3.09. The Morgan fingerprint density at radius 1 is 1.19 bits per heavy atom. The smallest absolute Gasteiger partial charge is 0.343 e. The second-order valence-corrected chi connectivity index (χ2v) is 4.80. The molecule has 0 saturated heterocycles. The van der Waals surface area contributed by atoms with Crippen molar-refractivity contribution in [3.8, 4) is 0 Å². The van der Waals surface area contributed by atoms with Crippen LogP contribution >= 0.6 is 0 Å². The zero-order valence-corrected chi connectivity index (χ0v) is 13.4. The van der Waals surface area contributed by atoms with Gasteiger partial charge in [0.2, 0.25) is 5.78 Å². The second kappa shape index (κ2) is 7.76. The van der Waals surface area contributed by atoms with Crippen molar-refractivity contribution in [2.24, 2.45) is 0 Å². The first-order valence-electron chi connectivity index (χ1n) is 7.08. The summed E-state index contributed by atoms with van der Waals surface area (Å²) in [6.45, 7) is 2.79. The summed E-state index contributed by atoms with van der Waals surface area (Å²) in [6.07, 6.45) is 0.783. The normalized spacial score (nSPS) is 11.4. The molecule has 0 fully saturated rings. The Morgan fingerprint density at radius 3 is 2.46 bits per heavy atom. The molecular weight excluding hydrogens is 362 g/mol. The molecule has 1 heterocycles. The number of hydrogen-bond acceptors (Lipinski definition) is 7. The number of aryl methyl sites for hydroxylation is 1. The van der Waals surface area contributed by atoms with Crippen molar-refractivity contribution in [1.82, 2.24) is 10.3 Å². The van der Waals surface area contributed by atoms with Crippen LogP contribution in [0.15, 0.2) is 22.5 Å². The van der Waals surface area contributed by atoms with Gasteiger partial charge >= 0.3 is 5.97 Å². The zero-order chi connectivity index (χ0) is 19.4. The minimum absolute atomic E-state index is 0.0246. The van der Waals surface area contributed by atoms with E-state index in [0.717, 1.165) is 6.20 Å². The van der Waals surface area contributed by atoms with Crippen LogP contribution in [0.4, 0.5) is 23.4 Å². The lowest BCUT2D eigenvalue weighted by Crippen LogP contribution is -2.20. The molecule has 0 amide bonds. The fraction of sp³-hybridized carbons (Fsp3) is 0.200. The number of rotatable bonds is 6. The SMILES string of the molecule is CCOC(=O)C(=CNc1nonc1C)C(=O)c1cc(F)c(F)c(F)c1F. The Morgan fingerprint density at radius 2 is 1.88 bits per heavy atom. The number of esters is 1. The maximum Gasteiger partial charge on any atom is 0.343 e. The summed E-state index contributed by atoms with van der Waals surface area (Å²) < 4.78 is 62.7. The number of ketones is 1. The van der Waals surface area contributed by atoms with E-state index in [4.69, 9.17) is 0 Å². The average Bonchev–Trinajstić information content (AvgIpc) is 3.01. The van der Waals surface area contributed by atoms with Gasteiger partial charge in [0.15, 0.2) is 29.1 Å². The summed E-state index contributed by atoms with van der Waals surface area (Å²) in [5.74, 6) is -10.6. The van der Waals surface area contributed by atoms with Gasteiger partial charge in [-0.2, -0.15) is 0 Å². The van der Waals surface area contributed by atoms with E-state index in [9.17, 15) is 27.2 Å². The molecule has 0 aliphatic heterocycles. The van der Waals surface area contributed by atoms with Crippen LogP contribution in [0.1, 0.15) is 23.0 Å². The first-order chi connectivity index (χ1) is 12.3. The first-order valence-corrected chi connectivity index (χ1v) is 7.08. The highest BCUT2D eigenvalue weighted by atomic mass is 19.2. The molecule has 2 rings (SSSR count). The van der Waals surface area contributed by atoms with Gasteiger partial charge in [-0.1, -0.05) is 5.16 Å². The predicted molar refractivity (Wildman–Crippen MR) is 78.0 cm³/mol. The Labute approximate surface area is 143 Å². The topological polar surface area (TPSA) is 94.3 Å². The van der Waals surface area contributed by atoms with E-state index < -0.39 is 46.2 Å². The van der Waals surface area contributed by atoms with Gasteiger partial charge in [-0.25, -0.2) is 27.0 Å². The number of ether oxygens (including phenoxy) is 1. The number of hydrogen-bond donors (Lipinski definition) is 1. The summed E-state index contributed by atoms with van der Waals surface area (Å²) >= 11 is 0. The van der Waals surface area contributed by atoms with E-state index in [1.165, 1.54) is 13.8 Å². The quantitative estimate of drug-likeness (QED) is 0.122. The van der Waals surface area contributed by atoms with Crippen molar-refractivity contribution < 1.29 is 36.5 Å². The number of Topliss-reactive ketones (excluding diaryl/α,β-unsaturated/α-hetero) is 1. The number of carbonyl (C=O) groups is 2. The van der Waals surface area contributed by atoms with E-state index in [-0.39, 0.29) is 24.2 Å². The Balaban J connectivity index is 2.47. The monoisotopic (exact) mass is 373 g/mol. The number of anilines is 1. The highest BCUT2D eigenvalue weighted by molar-refractivity contribution is 6.24. The van der Waals surface area contributed by atoms with Crippen molar-refractivity contribution in [3.05, 3.63) is 52.4 Å². The van der Waals surface area contributed by atoms with Crippen LogP contribution < -0.4 is 5.32 Å². The fourth-order valence-corrected chi connectivity index (χ4v) is 1.81. The van der Waals surface area contributed by atoms with Gasteiger partial charge in [0.25, 0.3) is 0 Å². The van der Waals surface area contributed by atoms with Gasteiger partial charge in [-0.3, -0.25) is 4.79 Å². The van der Waals surface area contributed by atoms with Gasteiger partial charge in [-0.15, -0.1) is 0 Å². The molecule has 1 N–H and O–H groups in total. The van der Waals surface area contributed by atoms with Gasteiger partial charge in [0.1, 0.15) is 11.3 Å². The molecule has 0 bridgehead atoms. The van der Waals surface area contributed by atoms with Crippen LogP contribution in [-0.2, 0) is 9.53 Å². The summed E-state index contributed by atoms with van der Waals surface area (Å²) in [4.78, 5) is 24.3. The van der Waals surface area contributed by atoms with E-state index in [1.54, 1.807) is 0 Å². The van der Waals surface area contributed by atoms with Crippen LogP contribution in [0.25, 0.3) is 0 Å². The Hall–Kier alpha value is -3.24. The summed E-state index contributed by atoms with van der Waals surface area (Å²) in [6, 6.07) is 0.145. The molecule has 0 aliphatic carbocycles. The highest BCUT2D eigenvalue weighted by Crippen LogP contribution is 2.22. The lowest BCUT2D eigenvalue weighted by atomic mass is 10.0. The average molecular weight is 373 g/mol. The van der Waals surface area contributed by atoms with Gasteiger partial charge in [-0.05, 0) is 25.1 Å². The molecule has 0 aliphatic rings. The summed E-state index contributed by atoms with van der Waals surface area (Å²) in [7, 11) is 0. The molecule has 11 heteroatoms. The van der Waals surface area contributed by atoms with Crippen molar-refractivity contribution in [2.45, 2.75) is 13.8 Å². The van der Waals surface area contributed by atoms with Crippen molar-refractivity contribution >= 4 is 17.6 Å². The van der Waals surface area contributed by atoms with Crippen molar-refractivity contribution in [1.29, 1.82) is 0 Å². The fourth-order valence-electron chi connectivity index (χ4n) is 1.81. The van der Waals surface area contributed by atoms with Gasteiger partial charge in [0.05, 0.1) is 12.2 Å². The van der Waals surface area contributed by atoms with Crippen LogP contribution in [0, 0.1) is 30.2 Å². The lowest BCUT2D eigenvalue weighted by Gasteiger charge is -2.09. The summed E-state index contributed by atoms with van der Waals surface area (Å²) in [5, 5.41) is 9.29. The maximum atomic E-state index is 13.8. The second-order valence-electron chi connectivity index (χ2n) is 4.80. The van der Waals surface area contributed by atoms with E-state index in [1.807, 2.05) is 0 Å². The number of nitrogens with zero attached hydrogens (tertiary/aromatic N) is 2. The van der Waals surface area contributed by atoms with Crippen LogP contribution in [0.3, 0.4) is 0 Å². The number of nitrogens with one attached hydrogen (secondary N) is 1. The predicted octanol–water partition coefficient (Wildman–Crippen LogP) is 2.68. The number of halogens is 4. The van der Waals surface area contributed by atoms with Gasteiger partial charge in [0, 0.05) is 6.20 Å². The largest absolute Gasteiger partial charge is 0.462 e. The molecule has 2 aromatic rings. The van der Waals surface area contributed by atoms with Crippen molar-refractivity contribution in [3.63, 3.8) is 0 Å².